The Hall–Kier alpha value is -2.01. The number of fused-ring (bicyclic) bond motifs is 1. The minimum atomic E-state index is -0.278. The molecule has 1 unspecified atom stereocenters. The zero-order valence-electron chi connectivity index (χ0n) is 10.5. The Balaban J connectivity index is 1.66. The Morgan fingerprint density at radius 1 is 1.32 bits per heavy atom. The maximum absolute atomic E-state index is 11.8. The number of amides is 1. The highest BCUT2D eigenvalue weighted by molar-refractivity contribution is 5.81. The topological polar surface area (TPSA) is 64.1 Å². The summed E-state index contributed by atoms with van der Waals surface area (Å²) in [6, 6.07) is 5.81. The lowest BCUT2D eigenvalue weighted by molar-refractivity contribution is -0.130. The number of nitrogens with one attached hydrogen (secondary N) is 1. The number of ether oxygens (including phenoxy) is 1. The summed E-state index contributed by atoms with van der Waals surface area (Å²) in [5, 5.41) is 2.89. The molecule has 1 atom stereocenters. The maximum atomic E-state index is 11.8. The van der Waals surface area contributed by atoms with Crippen LogP contribution in [-0.2, 0) is 16.1 Å². The first-order valence-corrected chi connectivity index (χ1v) is 6.42. The zero-order chi connectivity index (χ0) is 13.1. The van der Waals surface area contributed by atoms with E-state index in [1.807, 2.05) is 18.2 Å². The van der Waals surface area contributed by atoms with E-state index in [2.05, 4.69) is 15.3 Å². The van der Waals surface area contributed by atoms with Gasteiger partial charge < -0.3 is 10.1 Å². The van der Waals surface area contributed by atoms with E-state index in [0.717, 1.165) is 29.4 Å². The van der Waals surface area contributed by atoms with Gasteiger partial charge in [-0.2, -0.15) is 0 Å². The van der Waals surface area contributed by atoms with E-state index in [-0.39, 0.29) is 12.0 Å². The van der Waals surface area contributed by atoms with Crippen LogP contribution in [0.1, 0.15) is 18.4 Å². The highest BCUT2D eigenvalue weighted by atomic mass is 16.5. The Bertz CT molecular complexity index is 594. The molecule has 1 fully saturated rings. The Labute approximate surface area is 111 Å². The van der Waals surface area contributed by atoms with Gasteiger partial charge in [-0.15, -0.1) is 0 Å². The Morgan fingerprint density at radius 3 is 2.95 bits per heavy atom. The van der Waals surface area contributed by atoms with Gasteiger partial charge >= 0.3 is 0 Å². The van der Waals surface area contributed by atoms with Gasteiger partial charge in [-0.1, -0.05) is 6.07 Å². The highest BCUT2D eigenvalue weighted by Gasteiger charge is 2.22. The van der Waals surface area contributed by atoms with Crippen LogP contribution in [-0.4, -0.2) is 28.6 Å². The summed E-state index contributed by atoms with van der Waals surface area (Å²) in [5.41, 5.74) is 2.71. The van der Waals surface area contributed by atoms with E-state index in [1.54, 1.807) is 12.4 Å². The summed E-state index contributed by atoms with van der Waals surface area (Å²) in [4.78, 5) is 20.3. The minimum Gasteiger partial charge on any atom is -0.368 e. The fourth-order valence-electron chi connectivity index (χ4n) is 2.21. The summed E-state index contributed by atoms with van der Waals surface area (Å²) in [7, 11) is 0. The quantitative estimate of drug-likeness (QED) is 0.903. The van der Waals surface area contributed by atoms with Crippen molar-refractivity contribution in [2.45, 2.75) is 25.5 Å². The lowest BCUT2D eigenvalue weighted by atomic mass is 10.2. The van der Waals surface area contributed by atoms with Gasteiger partial charge in [0.15, 0.2) is 0 Å². The molecule has 1 aliphatic rings. The number of carbonyl (C=O) groups is 1. The largest absolute Gasteiger partial charge is 0.368 e. The second-order valence-corrected chi connectivity index (χ2v) is 4.60. The third-order valence-electron chi connectivity index (χ3n) is 3.22. The van der Waals surface area contributed by atoms with E-state index < -0.39 is 0 Å². The van der Waals surface area contributed by atoms with Crippen molar-refractivity contribution in [1.29, 1.82) is 0 Å². The standard InChI is InChI=1S/C14H15N3O2/c18-14(13-2-1-7-19-13)17-9-10-3-4-11-12(8-10)16-6-5-15-11/h3-6,8,13H,1-2,7,9H2,(H,17,18). The van der Waals surface area contributed by atoms with Crippen molar-refractivity contribution < 1.29 is 9.53 Å². The van der Waals surface area contributed by atoms with Crippen LogP contribution in [0.3, 0.4) is 0 Å². The molecular formula is C14H15N3O2. The Morgan fingerprint density at radius 2 is 2.16 bits per heavy atom. The molecule has 2 aromatic rings. The van der Waals surface area contributed by atoms with Crippen LogP contribution in [0, 0.1) is 0 Å². The maximum Gasteiger partial charge on any atom is 0.249 e. The van der Waals surface area contributed by atoms with Crippen molar-refractivity contribution in [2.75, 3.05) is 6.61 Å². The fourth-order valence-corrected chi connectivity index (χ4v) is 2.21. The number of hydrogen-bond donors (Lipinski definition) is 1. The third kappa shape index (κ3) is 2.71. The third-order valence-corrected chi connectivity index (χ3v) is 3.22. The molecule has 5 heteroatoms. The molecular weight excluding hydrogens is 242 g/mol. The average Bonchev–Trinajstić information content (AvgIpc) is 2.99. The predicted octanol–water partition coefficient (Wildman–Crippen LogP) is 1.42. The SMILES string of the molecule is O=C(NCc1ccc2nccnc2c1)C1CCCO1. The molecule has 1 amide bonds. The molecule has 5 nitrogen and oxygen atoms in total. The number of benzene rings is 1. The molecule has 2 heterocycles. The average molecular weight is 257 g/mol. The molecule has 1 N–H and O–H groups in total. The van der Waals surface area contributed by atoms with Gasteiger partial charge in [0.2, 0.25) is 5.91 Å². The molecule has 0 spiro atoms. The first-order chi connectivity index (χ1) is 9.33. The highest BCUT2D eigenvalue weighted by Crippen LogP contribution is 2.13. The lowest BCUT2D eigenvalue weighted by Crippen LogP contribution is -2.33. The second kappa shape index (κ2) is 5.32. The zero-order valence-corrected chi connectivity index (χ0v) is 10.5. The van der Waals surface area contributed by atoms with E-state index in [1.165, 1.54) is 0 Å². The minimum absolute atomic E-state index is 0.0308. The van der Waals surface area contributed by atoms with Gasteiger partial charge in [-0.25, -0.2) is 0 Å². The van der Waals surface area contributed by atoms with E-state index in [9.17, 15) is 4.79 Å². The molecule has 3 rings (SSSR count). The van der Waals surface area contributed by atoms with E-state index >= 15 is 0 Å². The molecule has 1 aromatic carbocycles. The molecule has 19 heavy (non-hydrogen) atoms. The van der Waals surface area contributed by atoms with Gasteiger partial charge in [-0.3, -0.25) is 14.8 Å². The van der Waals surface area contributed by atoms with E-state index in [0.29, 0.717) is 13.2 Å². The van der Waals surface area contributed by atoms with Gasteiger partial charge in [0.1, 0.15) is 6.10 Å². The van der Waals surface area contributed by atoms with Crippen molar-refractivity contribution >= 4 is 16.9 Å². The monoisotopic (exact) mass is 257 g/mol. The molecule has 0 radical (unpaired) electrons. The predicted molar refractivity (Wildman–Crippen MR) is 70.4 cm³/mol. The van der Waals surface area contributed by atoms with Crippen LogP contribution in [0.5, 0.6) is 0 Å². The van der Waals surface area contributed by atoms with Crippen LogP contribution in [0.15, 0.2) is 30.6 Å². The van der Waals surface area contributed by atoms with Crippen LogP contribution in [0.25, 0.3) is 11.0 Å². The number of rotatable bonds is 3. The number of nitrogens with zero attached hydrogens (tertiary/aromatic N) is 2. The van der Waals surface area contributed by atoms with Crippen molar-refractivity contribution in [3.63, 3.8) is 0 Å². The van der Waals surface area contributed by atoms with Crippen LogP contribution in [0.2, 0.25) is 0 Å². The smallest absolute Gasteiger partial charge is 0.249 e. The fraction of sp³-hybridized carbons (Fsp3) is 0.357. The summed E-state index contributed by atoms with van der Waals surface area (Å²) in [6.07, 6.45) is 4.83. The first-order valence-electron chi connectivity index (χ1n) is 6.42. The molecule has 1 aliphatic heterocycles. The van der Waals surface area contributed by atoms with Gasteiger partial charge in [0, 0.05) is 25.5 Å². The summed E-state index contributed by atoms with van der Waals surface area (Å²) in [6.45, 7) is 1.18. The molecule has 0 aliphatic carbocycles. The number of hydrogen-bond acceptors (Lipinski definition) is 4. The molecule has 1 saturated heterocycles. The summed E-state index contributed by atoms with van der Waals surface area (Å²) in [5.74, 6) is -0.0308. The van der Waals surface area contributed by atoms with Crippen LogP contribution >= 0.6 is 0 Å². The van der Waals surface area contributed by atoms with Gasteiger partial charge in [0.25, 0.3) is 0 Å². The Kier molecular flexibility index (Phi) is 3.37. The number of aromatic nitrogens is 2. The van der Waals surface area contributed by atoms with E-state index in [4.69, 9.17) is 4.74 Å². The normalized spacial score (nSPS) is 18.6. The van der Waals surface area contributed by atoms with Crippen molar-refractivity contribution in [1.82, 2.24) is 15.3 Å². The van der Waals surface area contributed by atoms with Crippen molar-refractivity contribution in [3.05, 3.63) is 36.2 Å². The van der Waals surface area contributed by atoms with Gasteiger partial charge in [-0.05, 0) is 30.5 Å². The molecule has 0 bridgehead atoms. The molecule has 98 valence electrons. The first kappa shape index (κ1) is 12.0. The van der Waals surface area contributed by atoms with Crippen molar-refractivity contribution in [3.8, 4) is 0 Å². The molecule has 0 saturated carbocycles. The van der Waals surface area contributed by atoms with Gasteiger partial charge in [0.05, 0.1) is 11.0 Å². The summed E-state index contributed by atoms with van der Waals surface area (Å²) >= 11 is 0. The lowest BCUT2D eigenvalue weighted by Gasteiger charge is -2.10. The number of carbonyl (C=O) groups excluding carboxylic acids is 1. The van der Waals surface area contributed by atoms with Crippen LogP contribution < -0.4 is 5.32 Å². The van der Waals surface area contributed by atoms with Crippen LogP contribution in [0.4, 0.5) is 0 Å². The van der Waals surface area contributed by atoms with Crippen molar-refractivity contribution in [2.24, 2.45) is 0 Å². The summed E-state index contributed by atoms with van der Waals surface area (Å²) < 4.78 is 5.34. The molecule has 1 aromatic heterocycles. The second-order valence-electron chi connectivity index (χ2n) is 4.60.